The van der Waals surface area contributed by atoms with Gasteiger partial charge in [-0.05, 0) is 70.6 Å². The molecule has 53 heavy (non-hydrogen) atoms. The Morgan fingerprint density at radius 2 is 0.962 bits per heavy atom. The first-order chi connectivity index (χ1) is 26.3. The summed E-state index contributed by atoms with van der Waals surface area (Å²) in [5.74, 6) is 0. The van der Waals surface area contributed by atoms with E-state index >= 15 is 0 Å². The van der Waals surface area contributed by atoms with E-state index in [4.69, 9.17) is 4.42 Å². The summed E-state index contributed by atoms with van der Waals surface area (Å²) in [7, 11) is 0. The summed E-state index contributed by atoms with van der Waals surface area (Å²) in [5.41, 5.74) is 13.2. The molecule has 0 amide bonds. The third-order valence-corrected chi connectivity index (χ3v) is 10.7. The maximum absolute atomic E-state index is 6.71. The molecular weight excluding hydrogens is 645 g/mol. The van der Waals surface area contributed by atoms with Gasteiger partial charge in [0.25, 0.3) is 0 Å². The number of benzene rings is 8. The molecule has 0 saturated heterocycles. The van der Waals surface area contributed by atoms with E-state index in [1.165, 1.54) is 38.4 Å². The molecule has 3 heterocycles. The van der Waals surface area contributed by atoms with Crippen LogP contribution < -0.4 is 4.90 Å². The predicted octanol–water partition coefficient (Wildman–Crippen LogP) is 14.1. The topological polar surface area (TPSA) is 20.8 Å². The second-order valence-corrected chi connectivity index (χ2v) is 13.7. The molecule has 0 saturated carbocycles. The molecule has 0 bridgehead atoms. The van der Waals surface area contributed by atoms with Crippen LogP contribution in [-0.2, 0) is 0 Å². The average Bonchev–Trinajstić information content (AvgIpc) is 3.76. The number of furan rings is 1. The lowest BCUT2D eigenvalue weighted by molar-refractivity contribution is 0.669. The lowest BCUT2D eigenvalue weighted by Gasteiger charge is -2.28. The number of nitrogens with zero attached hydrogens (tertiary/aromatic N) is 2. The number of para-hydroxylation sites is 2. The fourth-order valence-corrected chi connectivity index (χ4v) is 8.37. The molecule has 8 aromatic carbocycles. The van der Waals surface area contributed by atoms with Gasteiger partial charge in [0.15, 0.2) is 0 Å². The summed E-state index contributed by atoms with van der Waals surface area (Å²) in [6, 6.07) is 69.7. The van der Waals surface area contributed by atoms with Crippen LogP contribution in [0.5, 0.6) is 0 Å². The normalized spacial score (nSPS) is 11.8. The van der Waals surface area contributed by atoms with Crippen LogP contribution in [0, 0.1) is 0 Å². The van der Waals surface area contributed by atoms with Crippen LogP contribution in [0.2, 0.25) is 0 Å². The van der Waals surface area contributed by atoms with Crippen molar-refractivity contribution in [1.29, 1.82) is 0 Å². The van der Waals surface area contributed by atoms with Crippen LogP contribution >= 0.6 is 0 Å². The summed E-state index contributed by atoms with van der Waals surface area (Å²) in [6.45, 7) is 0. The van der Waals surface area contributed by atoms with E-state index in [1.54, 1.807) is 0 Å². The van der Waals surface area contributed by atoms with Gasteiger partial charge in [0.1, 0.15) is 11.2 Å². The van der Waals surface area contributed by atoms with Gasteiger partial charge in [-0.1, -0.05) is 140 Å². The molecule has 3 aromatic heterocycles. The minimum absolute atomic E-state index is 0.858. The fraction of sp³-hybridized carbons (Fsp3) is 0. The van der Waals surface area contributed by atoms with Crippen LogP contribution in [-0.4, -0.2) is 4.40 Å². The average molecular weight is 677 g/mol. The van der Waals surface area contributed by atoms with E-state index in [0.29, 0.717) is 0 Å². The van der Waals surface area contributed by atoms with Crippen molar-refractivity contribution in [3.8, 4) is 22.3 Å². The number of hydrogen-bond donors (Lipinski definition) is 0. The first-order valence-electron chi connectivity index (χ1n) is 18.1. The monoisotopic (exact) mass is 676 g/mol. The van der Waals surface area contributed by atoms with Crippen LogP contribution in [0.1, 0.15) is 0 Å². The van der Waals surface area contributed by atoms with Gasteiger partial charge in [0.05, 0.1) is 27.9 Å². The molecule has 0 unspecified atom stereocenters. The Labute approximate surface area is 306 Å². The molecule has 0 N–H and O–H groups in total. The molecule has 0 atom stereocenters. The van der Waals surface area contributed by atoms with Crippen molar-refractivity contribution in [3.05, 3.63) is 194 Å². The number of anilines is 3. The zero-order valence-electron chi connectivity index (χ0n) is 28.8. The van der Waals surface area contributed by atoms with Crippen molar-refractivity contribution in [2.24, 2.45) is 0 Å². The Hall–Kier alpha value is -7.10. The van der Waals surface area contributed by atoms with Crippen LogP contribution in [0.25, 0.3) is 82.3 Å². The van der Waals surface area contributed by atoms with Crippen molar-refractivity contribution >= 4 is 77.1 Å². The molecule has 0 radical (unpaired) electrons. The predicted molar refractivity (Wildman–Crippen MR) is 223 cm³/mol. The summed E-state index contributed by atoms with van der Waals surface area (Å²) in [6.07, 6.45) is 0. The summed E-state index contributed by atoms with van der Waals surface area (Å²) in [4.78, 5) is 2.43. The van der Waals surface area contributed by atoms with E-state index in [2.05, 4.69) is 203 Å². The molecule has 3 heteroatoms. The van der Waals surface area contributed by atoms with Gasteiger partial charge >= 0.3 is 0 Å². The number of rotatable bonds is 5. The zero-order chi connectivity index (χ0) is 34.9. The minimum atomic E-state index is 0.858. The highest BCUT2D eigenvalue weighted by molar-refractivity contribution is 6.14. The van der Waals surface area contributed by atoms with Gasteiger partial charge in [-0.25, -0.2) is 0 Å². The highest BCUT2D eigenvalue weighted by Gasteiger charge is 2.23. The lowest BCUT2D eigenvalue weighted by atomic mass is 10.0. The summed E-state index contributed by atoms with van der Waals surface area (Å²) < 4.78 is 9.14. The van der Waals surface area contributed by atoms with Crippen LogP contribution in [0.4, 0.5) is 17.1 Å². The van der Waals surface area contributed by atoms with E-state index in [0.717, 1.165) is 61.0 Å². The Kier molecular flexibility index (Phi) is 6.55. The maximum Gasteiger partial charge on any atom is 0.137 e. The molecule has 0 aliphatic rings. The Balaban J connectivity index is 1.22. The lowest BCUT2D eigenvalue weighted by Crippen LogP contribution is -2.12. The molecule has 0 aliphatic carbocycles. The highest BCUT2D eigenvalue weighted by atomic mass is 16.3. The van der Waals surface area contributed by atoms with Gasteiger partial charge in [-0.2, -0.15) is 0 Å². The Morgan fingerprint density at radius 3 is 1.75 bits per heavy atom. The zero-order valence-corrected chi connectivity index (χ0v) is 28.8. The number of pyridine rings is 1. The van der Waals surface area contributed by atoms with Crippen molar-refractivity contribution in [2.75, 3.05) is 4.90 Å². The van der Waals surface area contributed by atoms with E-state index < -0.39 is 0 Å². The van der Waals surface area contributed by atoms with E-state index in [-0.39, 0.29) is 0 Å². The molecular formula is C50H32N2O. The molecule has 248 valence electrons. The quantitative estimate of drug-likeness (QED) is 0.181. The van der Waals surface area contributed by atoms with E-state index in [1.807, 2.05) is 0 Å². The van der Waals surface area contributed by atoms with Crippen molar-refractivity contribution in [1.82, 2.24) is 4.40 Å². The second-order valence-electron chi connectivity index (χ2n) is 13.7. The third kappa shape index (κ3) is 4.61. The Morgan fingerprint density at radius 1 is 0.358 bits per heavy atom. The van der Waals surface area contributed by atoms with Crippen LogP contribution in [0.3, 0.4) is 0 Å². The standard InChI is InChI=1S/C50H32N2O/c1-3-14-33(15-4-1)36-26-28-39-40-29-27-37(31-49(40)53-48(39)30-36)51(43-25-13-19-34-16-7-8-20-38(34)43)46-32-47-50(35-17-5-2-6-18-35)42-22-10-12-24-45(42)52(47)44-23-11-9-21-41(44)46/h1-32H. The molecule has 3 nitrogen and oxygen atoms in total. The summed E-state index contributed by atoms with van der Waals surface area (Å²) >= 11 is 0. The smallest absolute Gasteiger partial charge is 0.137 e. The first-order valence-corrected chi connectivity index (χ1v) is 18.1. The molecule has 0 aliphatic heterocycles. The SMILES string of the molecule is c1ccc(-c2ccc3c(c2)oc2cc(N(c4cccc5ccccc45)c4cc5c(-c6ccccc6)c6ccccc6n5c5ccccc45)ccc23)cc1. The Bertz CT molecular complexity index is 3170. The van der Waals surface area contributed by atoms with Gasteiger partial charge in [-0.15, -0.1) is 0 Å². The molecule has 0 fully saturated rings. The number of hydrogen-bond acceptors (Lipinski definition) is 2. The first kappa shape index (κ1) is 29.6. The largest absolute Gasteiger partial charge is 0.456 e. The highest BCUT2D eigenvalue weighted by Crippen LogP contribution is 2.47. The fourth-order valence-electron chi connectivity index (χ4n) is 8.37. The molecule has 0 spiro atoms. The number of aromatic nitrogens is 1. The molecule has 11 aromatic rings. The van der Waals surface area contributed by atoms with Gasteiger partial charge < -0.3 is 13.7 Å². The van der Waals surface area contributed by atoms with Gasteiger partial charge in [-0.3, -0.25) is 0 Å². The van der Waals surface area contributed by atoms with Crippen LogP contribution in [0.15, 0.2) is 199 Å². The molecule has 11 rings (SSSR count). The van der Waals surface area contributed by atoms with Crippen molar-refractivity contribution in [3.63, 3.8) is 0 Å². The van der Waals surface area contributed by atoms with Crippen molar-refractivity contribution < 1.29 is 4.42 Å². The third-order valence-electron chi connectivity index (χ3n) is 10.7. The second kappa shape index (κ2) is 11.7. The van der Waals surface area contributed by atoms with Gasteiger partial charge in [0, 0.05) is 44.2 Å². The number of fused-ring (bicyclic) bond motifs is 9. The minimum Gasteiger partial charge on any atom is -0.456 e. The maximum atomic E-state index is 6.71. The van der Waals surface area contributed by atoms with E-state index in [9.17, 15) is 0 Å². The van der Waals surface area contributed by atoms with Gasteiger partial charge in [0.2, 0.25) is 0 Å². The summed E-state index contributed by atoms with van der Waals surface area (Å²) in [5, 5.41) is 6.98. The van der Waals surface area contributed by atoms with Crippen molar-refractivity contribution in [2.45, 2.75) is 0 Å².